The number of hydrogen-bond donors (Lipinski definition) is 2. The van der Waals surface area contributed by atoms with Gasteiger partial charge in [-0.2, -0.15) is 0 Å². The first-order valence-electron chi connectivity index (χ1n) is 21.2. The lowest BCUT2D eigenvalue weighted by Crippen LogP contribution is -2.81. The zero-order valence-corrected chi connectivity index (χ0v) is 34.8. The van der Waals surface area contributed by atoms with E-state index in [0.717, 1.165) is 85.1 Å². The van der Waals surface area contributed by atoms with Crippen molar-refractivity contribution >= 4 is 34.5 Å². The van der Waals surface area contributed by atoms with Crippen LogP contribution >= 0.6 is 0 Å². The molecular weight excluding hydrogens is 737 g/mol. The van der Waals surface area contributed by atoms with E-state index in [-0.39, 0.29) is 17.9 Å². The summed E-state index contributed by atoms with van der Waals surface area (Å²) < 4.78 is 24.0. The van der Waals surface area contributed by atoms with E-state index < -0.39 is 45.9 Å². The minimum Gasteiger partial charge on any atom is -0.496 e. The Morgan fingerprint density at radius 3 is 2.50 bits per heavy atom. The van der Waals surface area contributed by atoms with E-state index in [2.05, 4.69) is 51.2 Å². The van der Waals surface area contributed by atoms with E-state index >= 15 is 4.79 Å². The summed E-state index contributed by atoms with van der Waals surface area (Å²) in [6.07, 6.45) is 9.67. The Hall–Kier alpha value is -4.39. The van der Waals surface area contributed by atoms with E-state index in [1.807, 2.05) is 31.0 Å². The van der Waals surface area contributed by atoms with Crippen molar-refractivity contribution in [3.8, 4) is 5.75 Å². The molecule has 1 aromatic heterocycles. The number of nitrogens with one attached hydrogen (secondary N) is 1. The molecule has 9 rings (SSSR count). The fourth-order valence-electron chi connectivity index (χ4n) is 13.3. The lowest BCUT2D eigenvalue weighted by atomic mass is 9.47. The molecule has 6 heterocycles. The van der Waals surface area contributed by atoms with Crippen molar-refractivity contribution in [1.82, 2.24) is 14.8 Å². The molecule has 0 amide bonds. The third-order valence-corrected chi connectivity index (χ3v) is 15.3. The molecule has 2 N–H and O–H groups in total. The summed E-state index contributed by atoms with van der Waals surface area (Å²) in [7, 11) is 6.29. The largest absolute Gasteiger partial charge is 0.496 e. The van der Waals surface area contributed by atoms with E-state index in [0.29, 0.717) is 43.7 Å². The number of carbonyl (C=O) groups is 3. The smallest absolute Gasteiger partial charge is 0.344 e. The van der Waals surface area contributed by atoms with Gasteiger partial charge in [0.15, 0.2) is 6.10 Å². The molecule has 2 aromatic carbocycles. The Kier molecular flexibility index (Phi) is 9.52. The van der Waals surface area contributed by atoms with Crippen molar-refractivity contribution in [2.24, 2.45) is 11.3 Å². The first kappa shape index (κ1) is 39.1. The minimum absolute atomic E-state index is 0.185. The number of hydrogen-bond acceptors (Lipinski definition) is 11. The Morgan fingerprint density at radius 1 is 0.966 bits per heavy atom. The van der Waals surface area contributed by atoms with Crippen LogP contribution in [0, 0.1) is 11.3 Å². The van der Waals surface area contributed by atoms with Crippen LogP contribution in [0.1, 0.15) is 81.2 Å². The van der Waals surface area contributed by atoms with Gasteiger partial charge in [0.05, 0.1) is 27.4 Å². The fraction of sp³-hybridized carbons (Fsp3) is 0.587. The number of H-pyrrole nitrogens is 1. The number of anilines is 1. The van der Waals surface area contributed by atoms with Crippen LogP contribution in [0.25, 0.3) is 10.9 Å². The van der Waals surface area contributed by atoms with Crippen LogP contribution in [0.4, 0.5) is 5.69 Å². The van der Waals surface area contributed by atoms with Crippen molar-refractivity contribution in [3.05, 3.63) is 70.9 Å². The molecule has 6 aliphatic rings. The second kappa shape index (κ2) is 14.1. The second-order valence-corrected chi connectivity index (χ2v) is 17.8. The van der Waals surface area contributed by atoms with Crippen LogP contribution in [0.5, 0.6) is 5.75 Å². The van der Waals surface area contributed by atoms with Gasteiger partial charge < -0.3 is 38.8 Å². The highest BCUT2D eigenvalue weighted by Gasteiger charge is 2.80. The van der Waals surface area contributed by atoms with Gasteiger partial charge in [-0.25, -0.2) is 4.79 Å². The van der Waals surface area contributed by atoms with Gasteiger partial charge in [0.1, 0.15) is 11.2 Å². The molecular formula is C46H58N4O8. The number of methoxy groups -OCH3 is 3. The van der Waals surface area contributed by atoms with Crippen LogP contribution in [-0.4, -0.2) is 123 Å². The van der Waals surface area contributed by atoms with Gasteiger partial charge in [-0.1, -0.05) is 50.1 Å². The topological polar surface area (TPSA) is 134 Å². The van der Waals surface area contributed by atoms with Crippen LogP contribution in [0.2, 0.25) is 0 Å². The van der Waals surface area contributed by atoms with Crippen LogP contribution in [0.3, 0.4) is 0 Å². The molecule has 12 heteroatoms. The third-order valence-electron chi connectivity index (χ3n) is 15.3. The molecule has 12 nitrogen and oxygen atoms in total. The van der Waals surface area contributed by atoms with Crippen molar-refractivity contribution < 1.29 is 38.4 Å². The molecule has 1 unspecified atom stereocenters. The second-order valence-electron chi connectivity index (χ2n) is 17.8. The van der Waals surface area contributed by atoms with Gasteiger partial charge in [-0.3, -0.25) is 14.5 Å². The first-order valence-corrected chi connectivity index (χ1v) is 21.2. The average Bonchev–Trinajstić information content (AvgIpc) is 3.88. The van der Waals surface area contributed by atoms with E-state index in [9.17, 15) is 14.7 Å². The number of likely N-dealkylation sites (N-methyl/N-ethyl adjacent to an activating group) is 1. The SMILES string of the molecule is CC[C@]12C=CCN3CC[C@@]4(c5cc([C@]6(C(=O)OC)C[C@@H]7CCCCCN(CCc8c6[nH]c6ccccc86)C7)c(OC)cc5N(C)[C@H]4[C@@](O)(C(=O)OC)[C@@H]1OC(C)=O)[C@@H]32. The van der Waals surface area contributed by atoms with Crippen molar-refractivity contribution in [1.29, 1.82) is 0 Å². The van der Waals surface area contributed by atoms with E-state index in [1.165, 1.54) is 21.1 Å². The summed E-state index contributed by atoms with van der Waals surface area (Å²) in [4.78, 5) is 53.5. The normalized spacial score (nSPS) is 35.2. The number of aromatic nitrogens is 1. The number of benzene rings is 2. The Morgan fingerprint density at radius 2 is 1.76 bits per heavy atom. The number of esters is 3. The quantitative estimate of drug-likeness (QED) is 0.198. The summed E-state index contributed by atoms with van der Waals surface area (Å²) >= 11 is 0. The molecule has 2 saturated heterocycles. The summed E-state index contributed by atoms with van der Waals surface area (Å²) in [6.45, 7) is 7.53. The number of aromatic amines is 1. The number of carbonyl (C=O) groups excluding carboxylic acids is 3. The highest BCUT2D eigenvalue weighted by Crippen LogP contribution is 2.68. The summed E-state index contributed by atoms with van der Waals surface area (Å²) in [5.74, 6) is -1.07. The fourth-order valence-corrected chi connectivity index (χ4v) is 13.3. The molecule has 1 aliphatic carbocycles. The van der Waals surface area contributed by atoms with Gasteiger partial charge in [0.2, 0.25) is 5.60 Å². The van der Waals surface area contributed by atoms with E-state index in [1.54, 1.807) is 7.11 Å². The Labute approximate surface area is 340 Å². The van der Waals surface area contributed by atoms with Crippen LogP contribution in [0.15, 0.2) is 48.6 Å². The standard InChI is InChI=1S/C46H58N4O8/c1-7-43-18-13-21-50-23-19-44(38(43)50)32-24-33(36(55-4)25-35(32)48(3)39(44)46(54,42(53)57-6)40(43)58-28(2)51)45(41(52)56-5)26-29-14-9-8-12-20-49(27-29)22-17-31-30-15-10-11-16-34(30)47-37(31)45/h10-11,13,15-16,18,24-25,29,38-40,47,54H,7-9,12,14,17,19-23,26-27H2,1-6H3/t29-,38-,39+,40+,43+,44+,45+,46-/m0/s1. The van der Waals surface area contributed by atoms with Gasteiger partial charge >= 0.3 is 17.9 Å². The highest BCUT2D eigenvalue weighted by atomic mass is 16.6. The lowest BCUT2D eigenvalue weighted by Gasteiger charge is -2.63. The number of ether oxygens (including phenoxy) is 4. The Balaban J connectivity index is 1.36. The van der Waals surface area contributed by atoms with Crippen LogP contribution < -0.4 is 9.64 Å². The average molecular weight is 795 g/mol. The van der Waals surface area contributed by atoms with Crippen molar-refractivity contribution in [2.75, 3.05) is 66.0 Å². The molecule has 9 atom stereocenters. The summed E-state index contributed by atoms with van der Waals surface area (Å²) in [5.41, 5.74) is -0.0276. The van der Waals surface area contributed by atoms with E-state index in [4.69, 9.17) is 18.9 Å². The monoisotopic (exact) mass is 794 g/mol. The predicted octanol–water partition coefficient (Wildman–Crippen LogP) is 5.02. The van der Waals surface area contributed by atoms with Gasteiger partial charge in [-0.15, -0.1) is 0 Å². The zero-order chi connectivity index (χ0) is 40.8. The van der Waals surface area contributed by atoms with Gasteiger partial charge in [0.25, 0.3) is 0 Å². The summed E-state index contributed by atoms with van der Waals surface area (Å²) in [6, 6.07) is 11.3. The van der Waals surface area contributed by atoms with Gasteiger partial charge in [-0.05, 0) is 80.8 Å². The molecule has 310 valence electrons. The highest BCUT2D eigenvalue weighted by molar-refractivity contribution is 5.95. The van der Waals surface area contributed by atoms with Crippen molar-refractivity contribution in [2.45, 2.75) is 99.8 Å². The maximum absolute atomic E-state index is 15.3. The minimum atomic E-state index is -2.27. The molecule has 3 fully saturated rings. The number of para-hydroxylation sites is 1. The molecule has 5 aliphatic heterocycles. The first-order chi connectivity index (χ1) is 28.0. The number of fused-ring (bicyclic) bond motifs is 6. The molecule has 1 saturated carbocycles. The molecule has 2 bridgehead atoms. The number of aliphatic hydroxyl groups is 1. The number of nitrogens with zero attached hydrogens (tertiary/aromatic N) is 3. The van der Waals surface area contributed by atoms with Gasteiger partial charge in [0, 0.05) is 84.4 Å². The summed E-state index contributed by atoms with van der Waals surface area (Å²) in [5, 5.41) is 14.4. The number of rotatable bonds is 6. The van der Waals surface area contributed by atoms with Crippen molar-refractivity contribution in [3.63, 3.8) is 0 Å². The maximum Gasteiger partial charge on any atom is 0.344 e. The maximum atomic E-state index is 15.3. The third kappa shape index (κ3) is 5.12. The molecule has 58 heavy (non-hydrogen) atoms. The lowest BCUT2D eigenvalue weighted by molar-refractivity contribution is -0.228. The molecule has 1 spiro atoms. The van der Waals surface area contributed by atoms with Crippen LogP contribution in [-0.2, 0) is 45.8 Å². The molecule has 3 aromatic rings. The zero-order valence-electron chi connectivity index (χ0n) is 34.8. The predicted molar refractivity (Wildman–Crippen MR) is 219 cm³/mol. The Bertz CT molecular complexity index is 2180. The molecule has 0 radical (unpaired) electrons.